The zero-order chi connectivity index (χ0) is 16.4. The van der Waals surface area contributed by atoms with E-state index < -0.39 is 0 Å². The zero-order valence-electron chi connectivity index (χ0n) is 15.4. The van der Waals surface area contributed by atoms with E-state index in [1.165, 1.54) is 11.1 Å². The topological polar surface area (TPSA) is 72.7 Å². The van der Waals surface area contributed by atoms with E-state index in [-0.39, 0.29) is 69.5 Å². The molecule has 1 aromatic rings. The molecule has 6 atom stereocenters. The standard InChI is InChI=1S/C19H27NO3.3H2S/c1-19-6-5-11-12(14(19)9-17(23)18(19)20-2)4-3-10-7-15(21)16(22)8-13(10)11;;;/h7-8,11-12,14,17-18,20-23H,3-6,9H2,1-2H3;3*1H2/t11?,12-,14?,17-,18+,19+;;;/m1.../s1. The van der Waals surface area contributed by atoms with Crippen molar-refractivity contribution in [1.29, 1.82) is 0 Å². The van der Waals surface area contributed by atoms with E-state index in [2.05, 4.69) is 12.2 Å². The number of fused-ring (bicyclic) bond motifs is 5. The van der Waals surface area contributed by atoms with Crippen LogP contribution in [0.15, 0.2) is 12.1 Å². The maximum Gasteiger partial charge on any atom is 0.157 e. The van der Waals surface area contributed by atoms with Crippen molar-refractivity contribution < 1.29 is 15.3 Å². The molecule has 3 aliphatic rings. The lowest BCUT2D eigenvalue weighted by Crippen LogP contribution is -2.49. The minimum absolute atomic E-state index is 0. The molecular formula is C19H33NO3S3. The van der Waals surface area contributed by atoms with E-state index in [9.17, 15) is 15.3 Å². The van der Waals surface area contributed by atoms with E-state index >= 15 is 0 Å². The number of aryl methyl sites for hydroxylation is 1. The Kier molecular flexibility index (Phi) is 7.73. The van der Waals surface area contributed by atoms with Crippen LogP contribution in [0.4, 0.5) is 0 Å². The molecule has 3 aliphatic carbocycles. The minimum atomic E-state index is -0.261. The van der Waals surface area contributed by atoms with E-state index in [1.807, 2.05) is 7.05 Å². The molecule has 0 heterocycles. The van der Waals surface area contributed by atoms with Gasteiger partial charge >= 0.3 is 0 Å². The Bertz CT molecular complexity index is 645. The van der Waals surface area contributed by atoms with Crippen LogP contribution in [0.5, 0.6) is 11.5 Å². The summed E-state index contributed by atoms with van der Waals surface area (Å²) in [6.45, 7) is 2.34. The van der Waals surface area contributed by atoms with Crippen LogP contribution >= 0.6 is 40.5 Å². The Morgan fingerprint density at radius 2 is 1.73 bits per heavy atom. The van der Waals surface area contributed by atoms with Gasteiger partial charge in [-0.15, -0.1) is 0 Å². The van der Waals surface area contributed by atoms with Crippen LogP contribution in [0.1, 0.15) is 49.7 Å². The molecule has 0 aromatic heterocycles. The maximum atomic E-state index is 10.5. The Balaban J connectivity index is 0.00000113. The summed E-state index contributed by atoms with van der Waals surface area (Å²) < 4.78 is 0. The van der Waals surface area contributed by atoms with Crippen molar-refractivity contribution in [2.24, 2.45) is 17.3 Å². The second-order valence-electron chi connectivity index (χ2n) is 8.07. The molecule has 4 nitrogen and oxygen atoms in total. The van der Waals surface area contributed by atoms with Gasteiger partial charge in [0.15, 0.2) is 11.5 Å². The quantitative estimate of drug-likeness (QED) is 0.528. The van der Waals surface area contributed by atoms with Crippen LogP contribution < -0.4 is 5.32 Å². The highest BCUT2D eigenvalue weighted by Crippen LogP contribution is 2.61. The third-order valence-corrected chi connectivity index (χ3v) is 7.16. The number of phenolic OH excluding ortho intramolecular Hbond substituents is 2. The third kappa shape index (κ3) is 3.34. The lowest BCUT2D eigenvalue weighted by atomic mass is 9.55. The van der Waals surface area contributed by atoms with Crippen LogP contribution in [0.3, 0.4) is 0 Å². The summed E-state index contributed by atoms with van der Waals surface area (Å²) in [5.74, 6) is 1.54. The number of hydrogen-bond acceptors (Lipinski definition) is 4. The highest BCUT2D eigenvalue weighted by molar-refractivity contribution is 7.59. The monoisotopic (exact) mass is 419 g/mol. The first-order chi connectivity index (χ1) is 11.0. The molecule has 2 unspecified atom stereocenters. The summed E-state index contributed by atoms with van der Waals surface area (Å²) in [6.07, 6.45) is 4.89. The summed E-state index contributed by atoms with van der Waals surface area (Å²) in [7, 11) is 1.96. The highest BCUT2D eigenvalue weighted by Gasteiger charge is 2.57. The number of nitrogens with one attached hydrogen (secondary N) is 1. The molecular weight excluding hydrogens is 386 g/mol. The lowest BCUT2D eigenvalue weighted by Gasteiger charge is -2.50. The summed E-state index contributed by atoms with van der Waals surface area (Å²) in [5, 5.41) is 33.6. The second-order valence-corrected chi connectivity index (χ2v) is 8.07. The van der Waals surface area contributed by atoms with Crippen molar-refractivity contribution in [3.8, 4) is 11.5 Å². The molecule has 26 heavy (non-hydrogen) atoms. The van der Waals surface area contributed by atoms with Gasteiger partial charge in [-0.05, 0) is 85.6 Å². The number of phenols is 2. The molecule has 150 valence electrons. The van der Waals surface area contributed by atoms with Gasteiger partial charge in [-0.1, -0.05) is 6.92 Å². The van der Waals surface area contributed by atoms with Gasteiger partial charge in [-0.2, -0.15) is 40.5 Å². The van der Waals surface area contributed by atoms with Crippen molar-refractivity contribution in [1.82, 2.24) is 5.32 Å². The number of rotatable bonds is 1. The molecule has 2 fully saturated rings. The van der Waals surface area contributed by atoms with E-state index in [4.69, 9.17) is 0 Å². The number of aliphatic hydroxyl groups excluding tert-OH is 1. The molecule has 7 heteroatoms. The predicted molar refractivity (Wildman–Crippen MR) is 120 cm³/mol. The van der Waals surface area contributed by atoms with Gasteiger partial charge < -0.3 is 20.6 Å². The molecule has 0 bridgehead atoms. The Hall–Kier alpha value is -0.210. The largest absolute Gasteiger partial charge is 0.504 e. The molecule has 0 aliphatic heterocycles. The van der Waals surface area contributed by atoms with Gasteiger partial charge in [-0.25, -0.2) is 0 Å². The van der Waals surface area contributed by atoms with Crippen LogP contribution in [0.2, 0.25) is 0 Å². The maximum absolute atomic E-state index is 10.5. The van der Waals surface area contributed by atoms with E-state index in [1.54, 1.807) is 12.1 Å². The molecule has 1 aromatic carbocycles. The first-order valence-corrected chi connectivity index (χ1v) is 8.85. The van der Waals surface area contributed by atoms with Gasteiger partial charge in [0, 0.05) is 6.04 Å². The zero-order valence-corrected chi connectivity index (χ0v) is 18.4. The summed E-state index contributed by atoms with van der Waals surface area (Å²) >= 11 is 0. The van der Waals surface area contributed by atoms with Gasteiger partial charge in [0.1, 0.15) is 0 Å². The molecule has 4 N–H and O–H groups in total. The molecule has 0 spiro atoms. The van der Waals surface area contributed by atoms with E-state index in [0.29, 0.717) is 17.8 Å². The van der Waals surface area contributed by atoms with Crippen molar-refractivity contribution in [2.75, 3.05) is 7.05 Å². The smallest absolute Gasteiger partial charge is 0.157 e. The predicted octanol–water partition coefficient (Wildman–Crippen LogP) is 2.85. The fourth-order valence-electron chi connectivity index (χ4n) is 6.13. The average molecular weight is 420 g/mol. The number of likely N-dealkylation sites (N-methyl/N-ethyl adjacent to an activating group) is 1. The van der Waals surface area contributed by atoms with Gasteiger partial charge in [0.25, 0.3) is 0 Å². The second kappa shape index (κ2) is 8.43. The molecule has 0 radical (unpaired) electrons. The molecule has 4 rings (SSSR count). The van der Waals surface area contributed by atoms with E-state index in [0.717, 1.165) is 32.1 Å². The summed E-state index contributed by atoms with van der Waals surface area (Å²) in [4.78, 5) is 0. The number of aliphatic hydroxyl groups is 1. The van der Waals surface area contributed by atoms with Crippen LogP contribution in [-0.4, -0.2) is 34.5 Å². The summed E-state index contributed by atoms with van der Waals surface area (Å²) in [5.41, 5.74) is 2.57. The minimum Gasteiger partial charge on any atom is -0.504 e. The molecule has 0 amide bonds. The fraction of sp³-hybridized carbons (Fsp3) is 0.684. The SMILES string of the molecule is CN[C@H]1[C@H](O)CC2[C@@H]3CCc4cc(O)c(O)cc4C3CC[C@@]21C.S.S.S. The number of aromatic hydroxyl groups is 2. The lowest BCUT2D eigenvalue weighted by molar-refractivity contribution is 0.0382. The van der Waals surface area contributed by atoms with Crippen molar-refractivity contribution in [2.45, 2.75) is 57.1 Å². The Labute approximate surface area is 177 Å². The average Bonchev–Trinajstić information content (AvgIpc) is 2.78. The van der Waals surface area contributed by atoms with Crippen molar-refractivity contribution >= 4 is 40.5 Å². The first kappa shape index (κ1) is 23.8. The third-order valence-electron chi connectivity index (χ3n) is 7.16. The molecule has 2 saturated carbocycles. The van der Waals surface area contributed by atoms with Crippen molar-refractivity contribution in [3.05, 3.63) is 23.3 Å². The van der Waals surface area contributed by atoms with Crippen LogP contribution in [0, 0.1) is 17.3 Å². The number of benzene rings is 1. The fourth-order valence-corrected chi connectivity index (χ4v) is 6.13. The Morgan fingerprint density at radius 1 is 1.08 bits per heavy atom. The first-order valence-electron chi connectivity index (χ1n) is 8.85. The summed E-state index contributed by atoms with van der Waals surface area (Å²) in [6, 6.07) is 3.71. The normalized spacial score (nSPS) is 37.1. The van der Waals surface area contributed by atoms with Gasteiger partial charge in [-0.3, -0.25) is 0 Å². The highest BCUT2D eigenvalue weighted by atomic mass is 32.1. The number of hydrogen-bond donors (Lipinski definition) is 4. The van der Waals surface area contributed by atoms with Crippen molar-refractivity contribution in [3.63, 3.8) is 0 Å². The van der Waals surface area contributed by atoms with Crippen LogP contribution in [-0.2, 0) is 6.42 Å². The molecule has 0 saturated heterocycles. The van der Waals surface area contributed by atoms with Crippen LogP contribution in [0.25, 0.3) is 0 Å². The van der Waals surface area contributed by atoms with Gasteiger partial charge in [0.2, 0.25) is 0 Å². The van der Waals surface area contributed by atoms with Gasteiger partial charge in [0.05, 0.1) is 6.10 Å². The Morgan fingerprint density at radius 3 is 2.38 bits per heavy atom.